The van der Waals surface area contributed by atoms with E-state index < -0.39 is 0 Å². The quantitative estimate of drug-likeness (QED) is 0.921. The number of halogens is 1. The average molecular weight is 333 g/mol. The molecule has 0 bridgehead atoms. The fourth-order valence-corrected chi connectivity index (χ4v) is 4.11. The van der Waals surface area contributed by atoms with Gasteiger partial charge in [-0.15, -0.1) is 0 Å². The van der Waals surface area contributed by atoms with Crippen molar-refractivity contribution in [2.24, 2.45) is 17.6 Å². The van der Waals surface area contributed by atoms with Crippen LogP contribution in [0.2, 0.25) is 0 Å². The summed E-state index contributed by atoms with van der Waals surface area (Å²) in [5.41, 5.74) is 6.65. The Balaban J connectivity index is 1.42. The number of nitrogens with zero attached hydrogens (tertiary/aromatic N) is 2. The Morgan fingerprint density at radius 2 is 1.79 bits per heavy atom. The summed E-state index contributed by atoms with van der Waals surface area (Å²) >= 11 is 0. The van der Waals surface area contributed by atoms with E-state index >= 15 is 0 Å². The standard InChI is InChI=1S/C19H28FN3O/c20-18-5-3-15(4-6-18)12-16-7-10-22(11-8-16)13-17-2-1-9-23(14-17)19(21)24/h3-6,16-17H,1-2,7-14H2,(H2,21,24). The zero-order valence-electron chi connectivity index (χ0n) is 14.3. The largest absolute Gasteiger partial charge is 0.351 e. The molecule has 2 fully saturated rings. The van der Waals surface area contributed by atoms with Crippen LogP contribution >= 0.6 is 0 Å². The van der Waals surface area contributed by atoms with Crippen LogP contribution in [0.5, 0.6) is 0 Å². The molecule has 1 aromatic rings. The molecule has 1 unspecified atom stereocenters. The summed E-state index contributed by atoms with van der Waals surface area (Å²) in [5, 5.41) is 0. The Morgan fingerprint density at radius 3 is 2.46 bits per heavy atom. The van der Waals surface area contributed by atoms with E-state index in [2.05, 4.69) is 4.90 Å². The molecule has 1 aromatic carbocycles. The molecule has 2 N–H and O–H groups in total. The molecular formula is C19H28FN3O. The number of carbonyl (C=O) groups is 1. The Hall–Kier alpha value is -1.62. The number of rotatable bonds is 4. The van der Waals surface area contributed by atoms with Crippen molar-refractivity contribution in [1.29, 1.82) is 0 Å². The van der Waals surface area contributed by atoms with Gasteiger partial charge in [0.15, 0.2) is 0 Å². The number of benzene rings is 1. The van der Waals surface area contributed by atoms with Crippen LogP contribution in [-0.4, -0.2) is 48.6 Å². The summed E-state index contributed by atoms with van der Waals surface area (Å²) < 4.78 is 13.0. The number of hydrogen-bond acceptors (Lipinski definition) is 2. The van der Waals surface area contributed by atoms with Crippen molar-refractivity contribution in [3.8, 4) is 0 Å². The van der Waals surface area contributed by atoms with Crippen molar-refractivity contribution in [3.63, 3.8) is 0 Å². The van der Waals surface area contributed by atoms with E-state index in [1.54, 1.807) is 17.0 Å². The van der Waals surface area contributed by atoms with Crippen molar-refractivity contribution >= 4 is 6.03 Å². The molecule has 0 spiro atoms. The van der Waals surface area contributed by atoms with Gasteiger partial charge < -0.3 is 15.5 Å². The maximum absolute atomic E-state index is 13.0. The topological polar surface area (TPSA) is 49.6 Å². The van der Waals surface area contributed by atoms with Gasteiger partial charge in [-0.3, -0.25) is 0 Å². The first-order chi connectivity index (χ1) is 11.6. The minimum atomic E-state index is -0.280. The zero-order chi connectivity index (χ0) is 16.9. The molecule has 2 aliphatic heterocycles. The highest BCUT2D eigenvalue weighted by Crippen LogP contribution is 2.24. The van der Waals surface area contributed by atoms with Gasteiger partial charge in [0, 0.05) is 19.6 Å². The van der Waals surface area contributed by atoms with E-state index in [-0.39, 0.29) is 11.8 Å². The lowest BCUT2D eigenvalue weighted by molar-refractivity contribution is 0.120. The zero-order valence-corrected chi connectivity index (χ0v) is 14.3. The van der Waals surface area contributed by atoms with Crippen LogP contribution in [0.4, 0.5) is 9.18 Å². The Kier molecular flexibility index (Phi) is 5.72. The van der Waals surface area contributed by atoms with Gasteiger partial charge in [0.1, 0.15) is 5.82 Å². The van der Waals surface area contributed by atoms with Crippen LogP contribution in [0, 0.1) is 17.7 Å². The van der Waals surface area contributed by atoms with Crippen molar-refractivity contribution in [3.05, 3.63) is 35.6 Å². The number of piperidine rings is 2. The first-order valence-electron chi connectivity index (χ1n) is 9.11. The molecule has 0 saturated carbocycles. The van der Waals surface area contributed by atoms with Gasteiger partial charge in [-0.25, -0.2) is 9.18 Å². The lowest BCUT2D eigenvalue weighted by Gasteiger charge is -2.37. The first-order valence-corrected chi connectivity index (χ1v) is 9.11. The predicted molar refractivity (Wildman–Crippen MR) is 93.1 cm³/mol. The van der Waals surface area contributed by atoms with Gasteiger partial charge in [-0.1, -0.05) is 12.1 Å². The average Bonchev–Trinajstić information content (AvgIpc) is 2.59. The van der Waals surface area contributed by atoms with E-state index in [1.165, 1.54) is 24.8 Å². The summed E-state index contributed by atoms with van der Waals surface area (Å²) in [6.07, 6.45) is 5.70. The van der Waals surface area contributed by atoms with Crippen molar-refractivity contribution in [1.82, 2.24) is 9.80 Å². The second kappa shape index (κ2) is 7.97. The molecule has 132 valence electrons. The number of urea groups is 1. The van der Waals surface area contributed by atoms with Crippen LogP contribution in [0.1, 0.15) is 31.2 Å². The minimum Gasteiger partial charge on any atom is -0.351 e. The van der Waals surface area contributed by atoms with Crippen LogP contribution in [0.25, 0.3) is 0 Å². The number of amides is 2. The Morgan fingerprint density at radius 1 is 1.08 bits per heavy atom. The number of likely N-dealkylation sites (tertiary alicyclic amines) is 2. The van der Waals surface area contributed by atoms with Gasteiger partial charge in [0.05, 0.1) is 0 Å². The smallest absolute Gasteiger partial charge is 0.314 e. The van der Waals surface area contributed by atoms with Gasteiger partial charge in [-0.2, -0.15) is 0 Å². The third-order valence-corrected chi connectivity index (χ3v) is 5.49. The third-order valence-electron chi connectivity index (χ3n) is 5.49. The van der Waals surface area contributed by atoms with Gasteiger partial charge >= 0.3 is 6.03 Å². The fraction of sp³-hybridized carbons (Fsp3) is 0.632. The van der Waals surface area contributed by atoms with Crippen LogP contribution in [0.15, 0.2) is 24.3 Å². The van der Waals surface area contributed by atoms with Crippen molar-refractivity contribution in [2.45, 2.75) is 32.1 Å². The third kappa shape index (κ3) is 4.69. The maximum atomic E-state index is 13.0. The Bertz CT molecular complexity index is 540. The first kappa shape index (κ1) is 17.2. The van der Waals surface area contributed by atoms with E-state index in [1.807, 2.05) is 12.1 Å². The molecule has 5 heteroatoms. The van der Waals surface area contributed by atoms with E-state index in [0.29, 0.717) is 11.8 Å². The molecular weight excluding hydrogens is 305 g/mol. The maximum Gasteiger partial charge on any atom is 0.314 e. The summed E-state index contributed by atoms with van der Waals surface area (Å²) in [6.45, 7) is 4.95. The number of primary amides is 1. The fourth-order valence-electron chi connectivity index (χ4n) is 4.11. The second-order valence-corrected chi connectivity index (χ2v) is 7.37. The summed E-state index contributed by atoms with van der Waals surface area (Å²) in [5.74, 6) is 1.09. The van der Waals surface area contributed by atoms with Crippen LogP contribution < -0.4 is 5.73 Å². The van der Waals surface area contributed by atoms with Crippen molar-refractivity contribution < 1.29 is 9.18 Å². The van der Waals surface area contributed by atoms with Crippen LogP contribution in [0.3, 0.4) is 0 Å². The van der Waals surface area contributed by atoms with Crippen LogP contribution in [-0.2, 0) is 6.42 Å². The normalized spacial score (nSPS) is 23.4. The van der Waals surface area contributed by atoms with E-state index in [4.69, 9.17) is 5.73 Å². The second-order valence-electron chi connectivity index (χ2n) is 7.37. The SMILES string of the molecule is NC(=O)N1CCCC(CN2CCC(Cc3ccc(F)cc3)CC2)C1. The molecule has 2 heterocycles. The molecule has 4 nitrogen and oxygen atoms in total. The molecule has 2 saturated heterocycles. The number of nitrogens with two attached hydrogens (primary N) is 1. The molecule has 0 radical (unpaired) electrons. The molecule has 24 heavy (non-hydrogen) atoms. The summed E-state index contributed by atoms with van der Waals surface area (Å²) in [4.78, 5) is 15.7. The lowest BCUT2D eigenvalue weighted by atomic mass is 9.89. The minimum absolute atomic E-state index is 0.161. The highest BCUT2D eigenvalue weighted by molar-refractivity contribution is 5.72. The van der Waals surface area contributed by atoms with Gasteiger partial charge in [-0.05, 0) is 74.7 Å². The summed E-state index contributed by atoms with van der Waals surface area (Å²) in [7, 11) is 0. The van der Waals surface area contributed by atoms with Crippen molar-refractivity contribution in [2.75, 3.05) is 32.7 Å². The molecule has 3 rings (SSSR count). The predicted octanol–water partition coefficient (Wildman–Crippen LogP) is 2.87. The lowest BCUT2D eigenvalue weighted by Crippen LogP contribution is -2.47. The highest BCUT2D eigenvalue weighted by atomic mass is 19.1. The highest BCUT2D eigenvalue weighted by Gasteiger charge is 2.26. The van der Waals surface area contributed by atoms with Gasteiger partial charge in [0.25, 0.3) is 0 Å². The summed E-state index contributed by atoms with van der Waals surface area (Å²) in [6, 6.07) is 6.64. The number of carbonyl (C=O) groups excluding carboxylic acids is 1. The molecule has 0 aromatic heterocycles. The number of hydrogen-bond donors (Lipinski definition) is 1. The molecule has 2 aliphatic rings. The Labute approximate surface area is 143 Å². The van der Waals surface area contributed by atoms with Gasteiger partial charge in [0.2, 0.25) is 0 Å². The van der Waals surface area contributed by atoms with E-state index in [0.717, 1.165) is 45.6 Å². The molecule has 0 aliphatic carbocycles. The molecule has 1 atom stereocenters. The monoisotopic (exact) mass is 333 g/mol. The van der Waals surface area contributed by atoms with E-state index in [9.17, 15) is 9.18 Å². The molecule has 2 amide bonds.